The number of nitrogens with two attached hydrogens (primary N) is 1. The zero-order valence-corrected chi connectivity index (χ0v) is 7.87. The van der Waals surface area contributed by atoms with Gasteiger partial charge in [0.25, 0.3) is 0 Å². The van der Waals surface area contributed by atoms with Crippen molar-refractivity contribution < 1.29 is 9.47 Å². The fraction of sp³-hybridized carbons (Fsp3) is 1.00. The Morgan fingerprint density at radius 1 is 1.46 bits per heavy atom. The Balaban J connectivity index is 1.80. The van der Waals surface area contributed by atoms with Gasteiger partial charge in [-0.05, 0) is 19.4 Å². The fourth-order valence-corrected chi connectivity index (χ4v) is 1.95. The van der Waals surface area contributed by atoms with E-state index >= 15 is 0 Å². The van der Waals surface area contributed by atoms with Crippen LogP contribution in [0.5, 0.6) is 0 Å². The van der Waals surface area contributed by atoms with Crippen LogP contribution in [0.3, 0.4) is 0 Å². The first-order valence-corrected chi connectivity index (χ1v) is 5.08. The standard InChI is InChI=1S/C9H18N2O2/c10-4-8-6-12-9(13-8)7-2-1-3-11-5-7/h7-9,11H,1-6,10H2. The maximum atomic E-state index is 5.66. The first kappa shape index (κ1) is 9.40. The highest BCUT2D eigenvalue weighted by Crippen LogP contribution is 2.23. The summed E-state index contributed by atoms with van der Waals surface area (Å²) < 4.78 is 11.2. The zero-order valence-electron chi connectivity index (χ0n) is 7.87. The Hall–Kier alpha value is -0.160. The molecule has 3 atom stereocenters. The van der Waals surface area contributed by atoms with Crippen LogP contribution in [-0.2, 0) is 9.47 Å². The number of hydrogen-bond donors (Lipinski definition) is 2. The van der Waals surface area contributed by atoms with Crippen molar-refractivity contribution in [2.75, 3.05) is 26.2 Å². The van der Waals surface area contributed by atoms with Crippen LogP contribution in [0.15, 0.2) is 0 Å². The molecule has 0 bridgehead atoms. The molecule has 2 saturated heterocycles. The third kappa shape index (κ3) is 2.20. The minimum Gasteiger partial charge on any atom is -0.350 e. The number of nitrogens with one attached hydrogen (secondary N) is 1. The van der Waals surface area contributed by atoms with Crippen LogP contribution in [0.1, 0.15) is 12.8 Å². The van der Waals surface area contributed by atoms with E-state index in [4.69, 9.17) is 15.2 Å². The van der Waals surface area contributed by atoms with E-state index in [9.17, 15) is 0 Å². The van der Waals surface area contributed by atoms with Crippen LogP contribution in [0.25, 0.3) is 0 Å². The van der Waals surface area contributed by atoms with Gasteiger partial charge in [-0.2, -0.15) is 0 Å². The summed E-state index contributed by atoms with van der Waals surface area (Å²) in [6.45, 7) is 3.37. The van der Waals surface area contributed by atoms with Crippen LogP contribution in [0, 0.1) is 5.92 Å². The van der Waals surface area contributed by atoms with Crippen LogP contribution in [0.4, 0.5) is 0 Å². The van der Waals surface area contributed by atoms with E-state index < -0.39 is 0 Å². The predicted octanol–water partition coefficient (Wildman–Crippen LogP) is -0.314. The molecule has 13 heavy (non-hydrogen) atoms. The van der Waals surface area contributed by atoms with Crippen LogP contribution >= 0.6 is 0 Å². The molecule has 0 radical (unpaired) electrons. The number of ether oxygens (including phenoxy) is 2. The predicted molar refractivity (Wildman–Crippen MR) is 49.3 cm³/mol. The molecule has 0 aromatic carbocycles. The summed E-state index contributed by atoms with van der Waals surface area (Å²) in [4.78, 5) is 0. The van der Waals surface area contributed by atoms with E-state index in [-0.39, 0.29) is 12.4 Å². The third-order valence-electron chi connectivity index (χ3n) is 2.76. The van der Waals surface area contributed by atoms with Gasteiger partial charge >= 0.3 is 0 Å². The molecule has 0 aromatic heterocycles. The molecule has 0 amide bonds. The molecule has 2 rings (SSSR count). The topological polar surface area (TPSA) is 56.5 Å². The van der Waals surface area contributed by atoms with Crippen molar-refractivity contribution in [2.45, 2.75) is 25.2 Å². The second-order valence-corrected chi connectivity index (χ2v) is 3.80. The van der Waals surface area contributed by atoms with Gasteiger partial charge in [0.05, 0.1) is 12.7 Å². The lowest BCUT2D eigenvalue weighted by Crippen LogP contribution is -2.37. The monoisotopic (exact) mass is 186 g/mol. The first-order valence-electron chi connectivity index (χ1n) is 5.08. The molecule has 2 heterocycles. The molecule has 3 N–H and O–H groups in total. The zero-order chi connectivity index (χ0) is 9.10. The van der Waals surface area contributed by atoms with Crippen molar-refractivity contribution in [3.63, 3.8) is 0 Å². The van der Waals surface area contributed by atoms with Crippen molar-refractivity contribution >= 4 is 0 Å². The Labute approximate surface area is 78.8 Å². The van der Waals surface area contributed by atoms with Gasteiger partial charge in [0.15, 0.2) is 6.29 Å². The van der Waals surface area contributed by atoms with Crippen LogP contribution in [0.2, 0.25) is 0 Å². The van der Waals surface area contributed by atoms with E-state index in [2.05, 4.69) is 5.32 Å². The van der Waals surface area contributed by atoms with Crippen LogP contribution in [-0.4, -0.2) is 38.6 Å². The summed E-state index contributed by atoms with van der Waals surface area (Å²) in [7, 11) is 0. The first-order chi connectivity index (χ1) is 6.40. The third-order valence-corrected chi connectivity index (χ3v) is 2.76. The van der Waals surface area contributed by atoms with Crippen molar-refractivity contribution in [3.05, 3.63) is 0 Å². The Morgan fingerprint density at radius 3 is 3.00 bits per heavy atom. The number of hydrogen-bond acceptors (Lipinski definition) is 4. The maximum absolute atomic E-state index is 5.66. The summed E-state index contributed by atoms with van der Waals surface area (Å²) in [5.74, 6) is 0.519. The van der Waals surface area contributed by atoms with Gasteiger partial charge in [-0.1, -0.05) is 0 Å². The maximum Gasteiger partial charge on any atom is 0.162 e. The number of piperidine rings is 1. The van der Waals surface area contributed by atoms with Crippen molar-refractivity contribution in [2.24, 2.45) is 11.7 Å². The van der Waals surface area contributed by atoms with E-state index in [1.54, 1.807) is 0 Å². The molecule has 0 aliphatic carbocycles. The van der Waals surface area contributed by atoms with Crippen molar-refractivity contribution in [1.29, 1.82) is 0 Å². The summed E-state index contributed by atoms with van der Waals surface area (Å²) in [5.41, 5.74) is 5.50. The molecule has 4 heteroatoms. The van der Waals surface area contributed by atoms with Gasteiger partial charge in [-0.15, -0.1) is 0 Å². The SMILES string of the molecule is NCC1COC(C2CCCNC2)O1. The second kappa shape index (κ2) is 4.37. The van der Waals surface area contributed by atoms with Crippen molar-refractivity contribution in [1.82, 2.24) is 5.32 Å². The molecular formula is C9H18N2O2. The average Bonchev–Trinajstić information content (AvgIpc) is 2.67. The van der Waals surface area contributed by atoms with Crippen molar-refractivity contribution in [3.8, 4) is 0 Å². The van der Waals surface area contributed by atoms with E-state index in [0.717, 1.165) is 13.1 Å². The van der Waals surface area contributed by atoms with Gasteiger partial charge in [0.2, 0.25) is 0 Å². The molecule has 2 fully saturated rings. The van der Waals surface area contributed by atoms with Gasteiger partial charge in [0.1, 0.15) is 0 Å². The largest absolute Gasteiger partial charge is 0.350 e. The normalized spacial score (nSPS) is 40.8. The Kier molecular flexibility index (Phi) is 3.16. The number of rotatable bonds is 2. The lowest BCUT2D eigenvalue weighted by molar-refractivity contribution is -0.0995. The Morgan fingerprint density at radius 2 is 2.38 bits per heavy atom. The van der Waals surface area contributed by atoms with E-state index in [1.807, 2.05) is 0 Å². The summed E-state index contributed by atoms with van der Waals surface area (Å²) in [6.07, 6.45) is 2.53. The molecule has 2 aliphatic rings. The molecule has 0 aromatic rings. The summed E-state index contributed by atoms with van der Waals surface area (Å²) in [6, 6.07) is 0. The van der Waals surface area contributed by atoms with Gasteiger partial charge in [-0.3, -0.25) is 0 Å². The molecule has 0 saturated carbocycles. The highest BCUT2D eigenvalue weighted by Gasteiger charge is 2.32. The summed E-state index contributed by atoms with van der Waals surface area (Å²) in [5, 5.41) is 3.35. The fourth-order valence-electron chi connectivity index (χ4n) is 1.95. The van der Waals surface area contributed by atoms with Gasteiger partial charge in [0, 0.05) is 19.0 Å². The van der Waals surface area contributed by atoms with Gasteiger partial charge in [-0.25, -0.2) is 0 Å². The molecule has 3 unspecified atom stereocenters. The second-order valence-electron chi connectivity index (χ2n) is 3.80. The average molecular weight is 186 g/mol. The highest BCUT2D eigenvalue weighted by atomic mass is 16.7. The Bertz CT molecular complexity index is 160. The highest BCUT2D eigenvalue weighted by molar-refractivity contribution is 4.76. The van der Waals surface area contributed by atoms with E-state index in [1.165, 1.54) is 12.8 Å². The molecule has 0 spiro atoms. The molecule has 2 aliphatic heterocycles. The minimum absolute atomic E-state index is 0.0126. The van der Waals surface area contributed by atoms with E-state index in [0.29, 0.717) is 19.1 Å². The lowest BCUT2D eigenvalue weighted by atomic mass is 9.99. The smallest absolute Gasteiger partial charge is 0.162 e. The quantitative estimate of drug-likeness (QED) is 0.621. The molecule has 76 valence electrons. The molecular weight excluding hydrogens is 168 g/mol. The lowest BCUT2D eigenvalue weighted by Gasteiger charge is -2.26. The van der Waals surface area contributed by atoms with Gasteiger partial charge < -0.3 is 20.5 Å². The summed E-state index contributed by atoms with van der Waals surface area (Å²) >= 11 is 0. The van der Waals surface area contributed by atoms with Crippen LogP contribution < -0.4 is 11.1 Å². The molecule has 4 nitrogen and oxygen atoms in total. The minimum atomic E-state index is -0.0126.